The predicted octanol–water partition coefficient (Wildman–Crippen LogP) is 2.30. The maximum Gasteiger partial charge on any atom is 0.256 e. The number of ether oxygens (including phenoxy) is 1. The molecule has 1 amide bonds. The van der Waals surface area contributed by atoms with Crippen molar-refractivity contribution in [3.63, 3.8) is 0 Å². The van der Waals surface area contributed by atoms with Crippen molar-refractivity contribution in [2.24, 2.45) is 0 Å². The lowest BCUT2D eigenvalue weighted by Gasteiger charge is -2.31. The Morgan fingerprint density at radius 1 is 1.17 bits per heavy atom. The van der Waals surface area contributed by atoms with Crippen LogP contribution in [0.1, 0.15) is 32.1 Å². The van der Waals surface area contributed by atoms with Gasteiger partial charge in [-0.1, -0.05) is 19.3 Å². The molecule has 1 aliphatic heterocycles. The Morgan fingerprint density at radius 2 is 1.87 bits per heavy atom. The van der Waals surface area contributed by atoms with E-state index in [0.29, 0.717) is 44.8 Å². The molecule has 2 N–H and O–H groups in total. The number of benzene rings is 1. The SMILES string of the molecule is O=C(Nc1cc(F)cc(N2CCOCC2)c1)C1(O)CCCCC1. The van der Waals surface area contributed by atoms with E-state index >= 15 is 0 Å². The molecule has 6 heteroatoms. The maximum atomic E-state index is 13.9. The Hall–Kier alpha value is -1.66. The average Bonchev–Trinajstić information content (AvgIpc) is 2.56. The highest BCUT2D eigenvalue weighted by Crippen LogP contribution is 2.30. The Morgan fingerprint density at radius 3 is 2.57 bits per heavy atom. The first kappa shape index (κ1) is 16.2. The fraction of sp³-hybridized carbons (Fsp3) is 0.588. The summed E-state index contributed by atoms with van der Waals surface area (Å²) < 4.78 is 19.2. The number of nitrogens with zero attached hydrogens (tertiary/aromatic N) is 1. The molecule has 0 unspecified atom stereocenters. The van der Waals surface area contributed by atoms with Crippen LogP contribution in [0.3, 0.4) is 0 Å². The van der Waals surface area contributed by atoms with Gasteiger partial charge in [-0.3, -0.25) is 4.79 Å². The molecule has 1 aromatic carbocycles. The van der Waals surface area contributed by atoms with E-state index in [1.165, 1.54) is 12.1 Å². The van der Waals surface area contributed by atoms with Crippen molar-refractivity contribution in [2.75, 3.05) is 36.5 Å². The van der Waals surface area contributed by atoms with Crippen LogP contribution in [0.5, 0.6) is 0 Å². The molecule has 1 saturated heterocycles. The number of amides is 1. The minimum atomic E-state index is -1.33. The monoisotopic (exact) mass is 322 g/mol. The zero-order valence-corrected chi connectivity index (χ0v) is 13.2. The van der Waals surface area contributed by atoms with E-state index in [4.69, 9.17) is 4.74 Å². The number of hydrogen-bond donors (Lipinski definition) is 2. The highest BCUT2D eigenvalue weighted by atomic mass is 19.1. The van der Waals surface area contributed by atoms with E-state index in [1.54, 1.807) is 6.07 Å². The van der Waals surface area contributed by atoms with Crippen LogP contribution in [0.4, 0.5) is 15.8 Å². The Labute approximate surface area is 135 Å². The van der Waals surface area contributed by atoms with Gasteiger partial charge in [-0.2, -0.15) is 0 Å². The molecule has 3 rings (SSSR count). The second-order valence-corrected chi connectivity index (χ2v) is 6.34. The van der Waals surface area contributed by atoms with E-state index in [2.05, 4.69) is 5.32 Å². The highest BCUT2D eigenvalue weighted by molar-refractivity contribution is 5.97. The summed E-state index contributed by atoms with van der Waals surface area (Å²) in [5, 5.41) is 13.1. The number of carbonyl (C=O) groups is 1. The van der Waals surface area contributed by atoms with Gasteiger partial charge in [-0.05, 0) is 31.0 Å². The molecule has 0 spiro atoms. The van der Waals surface area contributed by atoms with E-state index < -0.39 is 17.3 Å². The first-order valence-electron chi connectivity index (χ1n) is 8.24. The molecule has 1 heterocycles. The van der Waals surface area contributed by atoms with Gasteiger partial charge in [-0.15, -0.1) is 0 Å². The summed E-state index contributed by atoms with van der Waals surface area (Å²) in [7, 11) is 0. The van der Waals surface area contributed by atoms with Crippen molar-refractivity contribution >= 4 is 17.3 Å². The van der Waals surface area contributed by atoms with E-state index in [9.17, 15) is 14.3 Å². The topological polar surface area (TPSA) is 61.8 Å². The molecular formula is C17H23FN2O3. The number of anilines is 2. The Bertz CT molecular complexity index is 567. The average molecular weight is 322 g/mol. The number of aliphatic hydroxyl groups is 1. The standard InChI is InChI=1S/C17H23FN2O3/c18-13-10-14(12-15(11-13)20-6-8-23-9-7-20)19-16(21)17(22)4-2-1-3-5-17/h10-12,22H,1-9H2,(H,19,21). The second-order valence-electron chi connectivity index (χ2n) is 6.34. The van der Waals surface area contributed by atoms with Gasteiger partial charge in [0.1, 0.15) is 11.4 Å². The molecule has 1 aliphatic carbocycles. The Kier molecular flexibility index (Phi) is 4.82. The lowest BCUT2D eigenvalue weighted by Crippen LogP contribution is -2.44. The van der Waals surface area contributed by atoms with Gasteiger partial charge < -0.3 is 20.1 Å². The van der Waals surface area contributed by atoms with Crippen LogP contribution in [0, 0.1) is 5.82 Å². The van der Waals surface area contributed by atoms with Gasteiger partial charge in [0.2, 0.25) is 0 Å². The minimum absolute atomic E-state index is 0.385. The molecule has 1 aromatic rings. The van der Waals surface area contributed by atoms with E-state index in [-0.39, 0.29) is 0 Å². The van der Waals surface area contributed by atoms with Crippen molar-refractivity contribution in [1.29, 1.82) is 0 Å². The number of rotatable bonds is 3. The van der Waals surface area contributed by atoms with E-state index in [1.807, 2.05) is 4.90 Å². The molecule has 126 valence electrons. The van der Waals surface area contributed by atoms with Gasteiger partial charge in [0.25, 0.3) is 5.91 Å². The number of nitrogens with one attached hydrogen (secondary N) is 1. The van der Waals surface area contributed by atoms with Gasteiger partial charge >= 0.3 is 0 Å². The van der Waals surface area contributed by atoms with Crippen LogP contribution in [0.2, 0.25) is 0 Å². The summed E-state index contributed by atoms with van der Waals surface area (Å²) in [6, 6.07) is 4.49. The summed E-state index contributed by atoms with van der Waals surface area (Å²) in [5.41, 5.74) is -0.223. The van der Waals surface area contributed by atoms with Gasteiger partial charge in [0.15, 0.2) is 0 Å². The quantitative estimate of drug-likeness (QED) is 0.896. The van der Waals surface area contributed by atoms with Crippen LogP contribution in [-0.2, 0) is 9.53 Å². The largest absolute Gasteiger partial charge is 0.380 e. The predicted molar refractivity (Wildman–Crippen MR) is 86.1 cm³/mol. The van der Waals surface area contributed by atoms with Crippen molar-refractivity contribution in [3.8, 4) is 0 Å². The number of carbonyl (C=O) groups excluding carboxylic acids is 1. The van der Waals surface area contributed by atoms with Gasteiger partial charge in [-0.25, -0.2) is 4.39 Å². The van der Waals surface area contributed by atoms with E-state index in [0.717, 1.165) is 24.9 Å². The van der Waals surface area contributed by atoms with Crippen molar-refractivity contribution in [3.05, 3.63) is 24.0 Å². The number of halogens is 1. The van der Waals surface area contributed by atoms with Crippen LogP contribution >= 0.6 is 0 Å². The van der Waals surface area contributed by atoms with Crippen LogP contribution in [-0.4, -0.2) is 42.9 Å². The Balaban J connectivity index is 1.74. The zero-order valence-electron chi connectivity index (χ0n) is 13.2. The molecule has 0 aromatic heterocycles. The summed E-state index contributed by atoms with van der Waals surface area (Å²) in [6.45, 7) is 2.61. The smallest absolute Gasteiger partial charge is 0.256 e. The van der Waals surface area contributed by atoms with Gasteiger partial charge in [0, 0.05) is 24.5 Å². The molecule has 2 fully saturated rings. The normalized spacial score (nSPS) is 21.0. The molecule has 0 bridgehead atoms. The summed E-state index contributed by atoms with van der Waals surface area (Å²) in [4.78, 5) is 14.4. The number of morpholine rings is 1. The molecule has 5 nitrogen and oxygen atoms in total. The van der Waals surface area contributed by atoms with Crippen LogP contribution in [0.25, 0.3) is 0 Å². The van der Waals surface area contributed by atoms with Crippen LogP contribution < -0.4 is 10.2 Å². The lowest BCUT2D eigenvalue weighted by molar-refractivity contribution is -0.137. The zero-order chi connectivity index (χ0) is 16.3. The third-order valence-corrected chi connectivity index (χ3v) is 4.62. The van der Waals surface area contributed by atoms with Crippen molar-refractivity contribution in [1.82, 2.24) is 0 Å². The van der Waals surface area contributed by atoms with Crippen molar-refractivity contribution in [2.45, 2.75) is 37.7 Å². The summed E-state index contributed by atoms with van der Waals surface area (Å²) >= 11 is 0. The van der Waals surface area contributed by atoms with Crippen LogP contribution in [0.15, 0.2) is 18.2 Å². The first-order chi connectivity index (χ1) is 11.1. The summed E-state index contributed by atoms with van der Waals surface area (Å²) in [5.74, 6) is -0.837. The first-order valence-corrected chi connectivity index (χ1v) is 8.24. The maximum absolute atomic E-state index is 13.9. The molecular weight excluding hydrogens is 299 g/mol. The molecule has 1 saturated carbocycles. The fourth-order valence-corrected chi connectivity index (χ4v) is 3.26. The fourth-order valence-electron chi connectivity index (χ4n) is 3.26. The second kappa shape index (κ2) is 6.84. The lowest BCUT2D eigenvalue weighted by atomic mass is 9.84. The molecule has 23 heavy (non-hydrogen) atoms. The third kappa shape index (κ3) is 3.82. The van der Waals surface area contributed by atoms with Gasteiger partial charge in [0.05, 0.1) is 13.2 Å². The molecule has 0 atom stereocenters. The highest BCUT2D eigenvalue weighted by Gasteiger charge is 2.37. The molecule has 0 radical (unpaired) electrons. The minimum Gasteiger partial charge on any atom is -0.380 e. The summed E-state index contributed by atoms with van der Waals surface area (Å²) in [6.07, 6.45) is 3.64. The number of hydrogen-bond acceptors (Lipinski definition) is 4. The third-order valence-electron chi connectivity index (χ3n) is 4.62. The molecule has 2 aliphatic rings. The van der Waals surface area contributed by atoms with Crippen molar-refractivity contribution < 1.29 is 19.0 Å².